The van der Waals surface area contributed by atoms with Crippen molar-refractivity contribution in [1.82, 2.24) is 30.2 Å². The Morgan fingerprint density at radius 3 is 2.56 bits per heavy atom. The minimum Gasteiger partial charge on any atom is -0.354 e. The van der Waals surface area contributed by atoms with E-state index in [1.165, 1.54) is 34.9 Å². The van der Waals surface area contributed by atoms with Gasteiger partial charge in [0, 0.05) is 26.2 Å². The second kappa shape index (κ2) is 10.5. The number of likely N-dealkylation sites (N-methyl/N-ethyl adjacent to an activating group) is 1. The van der Waals surface area contributed by atoms with Gasteiger partial charge in [0.05, 0.1) is 6.54 Å². The van der Waals surface area contributed by atoms with Gasteiger partial charge in [-0.3, -0.25) is 19.1 Å². The largest absolute Gasteiger partial charge is 0.354 e. The number of aromatic nitrogens is 2. The molecule has 3 rings (SSSR count). The molecule has 3 heterocycles. The fraction of sp³-hybridized carbons (Fsp3) is 0.739. The molecule has 0 radical (unpaired) electrons. The lowest BCUT2D eigenvalue weighted by molar-refractivity contribution is -0.132. The molecule has 0 spiro atoms. The van der Waals surface area contributed by atoms with Gasteiger partial charge >= 0.3 is 0 Å². The molecule has 178 valence electrons. The number of carbonyl (C=O) groups is 3. The summed E-state index contributed by atoms with van der Waals surface area (Å²) < 4.78 is 1.49. The first-order valence-corrected chi connectivity index (χ1v) is 11.9. The lowest BCUT2D eigenvalue weighted by Gasteiger charge is -2.40. The van der Waals surface area contributed by atoms with Crippen LogP contribution in [0.2, 0.25) is 0 Å². The third-order valence-electron chi connectivity index (χ3n) is 6.62. The fourth-order valence-corrected chi connectivity index (χ4v) is 4.28. The van der Waals surface area contributed by atoms with Gasteiger partial charge in [-0.05, 0) is 58.2 Å². The number of amides is 3. The van der Waals surface area contributed by atoms with Crippen LogP contribution in [0.25, 0.3) is 0 Å². The maximum absolute atomic E-state index is 12.9. The van der Waals surface area contributed by atoms with Crippen LogP contribution in [0.5, 0.6) is 0 Å². The molecule has 32 heavy (non-hydrogen) atoms. The van der Waals surface area contributed by atoms with Gasteiger partial charge in [-0.1, -0.05) is 20.3 Å². The Morgan fingerprint density at radius 2 is 1.88 bits per heavy atom. The van der Waals surface area contributed by atoms with Gasteiger partial charge in [0.25, 0.3) is 11.8 Å². The van der Waals surface area contributed by atoms with Crippen molar-refractivity contribution in [2.24, 2.45) is 5.92 Å². The molecule has 3 amide bonds. The molecule has 9 heteroatoms. The first kappa shape index (κ1) is 24.2. The quantitative estimate of drug-likeness (QED) is 0.560. The van der Waals surface area contributed by atoms with Crippen LogP contribution in [0.15, 0.2) is 6.07 Å². The van der Waals surface area contributed by atoms with E-state index in [4.69, 9.17) is 0 Å². The molecule has 0 aromatic carbocycles. The van der Waals surface area contributed by atoms with Crippen molar-refractivity contribution in [3.8, 4) is 0 Å². The highest BCUT2D eigenvalue weighted by atomic mass is 16.2. The third-order valence-corrected chi connectivity index (χ3v) is 6.62. The molecule has 0 bridgehead atoms. The number of piperidine rings is 1. The van der Waals surface area contributed by atoms with Crippen LogP contribution < -0.4 is 10.6 Å². The zero-order chi connectivity index (χ0) is 23.3. The Bertz CT molecular complexity index is 830. The molecule has 1 fully saturated rings. The van der Waals surface area contributed by atoms with Crippen molar-refractivity contribution >= 4 is 17.7 Å². The molecule has 1 saturated heterocycles. The van der Waals surface area contributed by atoms with Crippen molar-refractivity contribution in [2.45, 2.75) is 65.0 Å². The normalized spacial score (nSPS) is 21.5. The minimum absolute atomic E-state index is 0.209. The Morgan fingerprint density at radius 1 is 1.16 bits per heavy atom. The Kier molecular flexibility index (Phi) is 7.92. The first-order chi connectivity index (χ1) is 15.2. The van der Waals surface area contributed by atoms with E-state index in [0.29, 0.717) is 24.7 Å². The average molecular weight is 447 g/mol. The van der Waals surface area contributed by atoms with Crippen LogP contribution in [-0.4, -0.2) is 82.6 Å². The Balaban J connectivity index is 1.58. The monoisotopic (exact) mass is 446 g/mol. The van der Waals surface area contributed by atoms with E-state index in [9.17, 15) is 14.4 Å². The molecule has 2 aliphatic rings. The highest BCUT2D eigenvalue weighted by molar-refractivity contribution is 6.01. The number of hydrogen-bond acceptors (Lipinski definition) is 5. The zero-order valence-electron chi connectivity index (χ0n) is 19.9. The summed E-state index contributed by atoms with van der Waals surface area (Å²) in [6, 6.07) is 1.52. The number of fused-ring (bicyclic) bond motifs is 1. The summed E-state index contributed by atoms with van der Waals surface area (Å²) in [5, 5.41) is 10.2. The van der Waals surface area contributed by atoms with E-state index in [2.05, 4.69) is 34.5 Å². The number of nitrogens with one attached hydrogen (secondary N) is 2. The molecule has 1 aromatic heterocycles. The topological polar surface area (TPSA) is 99.6 Å². The summed E-state index contributed by atoms with van der Waals surface area (Å²) in [4.78, 5) is 42.3. The van der Waals surface area contributed by atoms with Crippen LogP contribution >= 0.6 is 0 Å². The summed E-state index contributed by atoms with van der Waals surface area (Å²) >= 11 is 0. The van der Waals surface area contributed by atoms with Gasteiger partial charge in [-0.25, -0.2) is 0 Å². The van der Waals surface area contributed by atoms with Crippen LogP contribution in [-0.2, 0) is 11.3 Å². The first-order valence-electron chi connectivity index (χ1n) is 11.9. The Labute approximate surface area is 190 Å². The molecular weight excluding hydrogens is 408 g/mol. The van der Waals surface area contributed by atoms with Crippen molar-refractivity contribution < 1.29 is 14.4 Å². The number of carbonyl (C=O) groups excluding carboxylic acids is 3. The fourth-order valence-electron chi connectivity index (χ4n) is 4.28. The van der Waals surface area contributed by atoms with Crippen molar-refractivity contribution in [3.05, 3.63) is 17.5 Å². The van der Waals surface area contributed by atoms with Crippen molar-refractivity contribution in [2.75, 3.05) is 39.8 Å². The van der Waals surface area contributed by atoms with Gasteiger partial charge in [-0.2, -0.15) is 5.10 Å². The SMILES string of the molecule is CC(C)CCNC(=O)[C@]1(C)Cn2nc(C(=O)NCCCN3CCCCC3)cc2C(=O)N1C. The van der Waals surface area contributed by atoms with E-state index in [0.717, 1.165) is 32.5 Å². The van der Waals surface area contributed by atoms with Crippen molar-refractivity contribution in [1.29, 1.82) is 0 Å². The number of nitrogens with zero attached hydrogens (tertiary/aromatic N) is 4. The molecule has 1 aromatic rings. The molecule has 0 unspecified atom stereocenters. The van der Waals surface area contributed by atoms with Crippen molar-refractivity contribution in [3.63, 3.8) is 0 Å². The summed E-state index contributed by atoms with van der Waals surface area (Å²) in [7, 11) is 1.63. The second-order valence-electron chi connectivity index (χ2n) is 9.66. The highest BCUT2D eigenvalue weighted by Gasteiger charge is 2.46. The minimum atomic E-state index is -1.06. The lowest BCUT2D eigenvalue weighted by atomic mass is 9.95. The lowest BCUT2D eigenvalue weighted by Crippen LogP contribution is -2.62. The standard InChI is InChI=1S/C23H38N6O3/c1-17(2)9-11-25-22(32)23(3)16-29-19(21(31)27(23)4)15-18(26-29)20(30)24-10-8-14-28-12-6-5-7-13-28/h15,17H,5-14,16H2,1-4H3,(H,24,30)(H,25,32)/t23-/m0/s1. The Hall–Kier alpha value is -2.42. The van der Waals surface area contributed by atoms with Crippen LogP contribution in [0.4, 0.5) is 0 Å². The van der Waals surface area contributed by atoms with Gasteiger partial charge in [0.2, 0.25) is 5.91 Å². The van der Waals surface area contributed by atoms with E-state index < -0.39 is 5.54 Å². The highest BCUT2D eigenvalue weighted by Crippen LogP contribution is 2.26. The average Bonchev–Trinajstić information content (AvgIpc) is 3.19. The van der Waals surface area contributed by atoms with E-state index in [1.54, 1.807) is 14.0 Å². The van der Waals surface area contributed by atoms with E-state index in [1.807, 2.05) is 0 Å². The molecular formula is C23H38N6O3. The molecule has 1 atom stereocenters. The zero-order valence-corrected chi connectivity index (χ0v) is 19.9. The third kappa shape index (κ3) is 5.49. The molecule has 2 aliphatic heterocycles. The number of likely N-dealkylation sites (tertiary alicyclic amines) is 1. The van der Waals surface area contributed by atoms with Crippen LogP contribution in [0, 0.1) is 5.92 Å². The summed E-state index contributed by atoms with van der Waals surface area (Å²) in [6.45, 7) is 10.5. The number of hydrogen-bond donors (Lipinski definition) is 2. The maximum Gasteiger partial charge on any atom is 0.272 e. The predicted molar refractivity (Wildman–Crippen MR) is 122 cm³/mol. The van der Waals surface area contributed by atoms with Crippen LogP contribution in [0.1, 0.15) is 73.9 Å². The molecule has 9 nitrogen and oxygen atoms in total. The summed E-state index contributed by atoms with van der Waals surface area (Å²) in [5.41, 5.74) is -0.516. The molecule has 0 saturated carbocycles. The van der Waals surface area contributed by atoms with Gasteiger partial charge in [0.1, 0.15) is 11.2 Å². The smallest absolute Gasteiger partial charge is 0.272 e. The molecule has 0 aliphatic carbocycles. The predicted octanol–water partition coefficient (Wildman–Crippen LogP) is 1.50. The summed E-state index contributed by atoms with van der Waals surface area (Å²) in [5.74, 6) is -0.329. The number of rotatable bonds is 9. The maximum atomic E-state index is 12.9. The molecule has 2 N–H and O–H groups in total. The van der Waals surface area contributed by atoms with Gasteiger partial charge < -0.3 is 20.4 Å². The van der Waals surface area contributed by atoms with E-state index >= 15 is 0 Å². The van der Waals surface area contributed by atoms with Crippen LogP contribution in [0.3, 0.4) is 0 Å². The second-order valence-corrected chi connectivity index (χ2v) is 9.66. The van der Waals surface area contributed by atoms with E-state index in [-0.39, 0.29) is 30.0 Å². The van der Waals surface area contributed by atoms with Gasteiger partial charge in [0.15, 0.2) is 5.69 Å². The van der Waals surface area contributed by atoms with Gasteiger partial charge in [-0.15, -0.1) is 0 Å². The summed E-state index contributed by atoms with van der Waals surface area (Å²) in [6.07, 6.45) is 5.57.